The predicted molar refractivity (Wildman–Crippen MR) is 158 cm³/mol. The van der Waals surface area contributed by atoms with Crippen LogP contribution in [0.2, 0.25) is 0 Å². The van der Waals surface area contributed by atoms with Gasteiger partial charge >= 0.3 is 11.9 Å². The van der Waals surface area contributed by atoms with E-state index in [9.17, 15) is 9.59 Å². The highest BCUT2D eigenvalue weighted by atomic mass is 16.5. The third kappa shape index (κ3) is 20.6. The largest absolute Gasteiger partial charge is 0.466 e. The minimum absolute atomic E-state index is 0.0158. The van der Waals surface area contributed by atoms with Crippen LogP contribution in [0.1, 0.15) is 164 Å². The summed E-state index contributed by atoms with van der Waals surface area (Å²) in [5.74, 6) is 1.30. The second-order valence-corrected chi connectivity index (χ2v) is 11.9. The molecular formula is C33H64O4. The van der Waals surface area contributed by atoms with E-state index >= 15 is 0 Å². The molecule has 0 aliphatic rings. The van der Waals surface area contributed by atoms with Gasteiger partial charge in [0.05, 0.1) is 19.1 Å². The van der Waals surface area contributed by atoms with Gasteiger partial charge in [-0.05, 0) is 43.4 Å². The van der Waals surface area contributed by atoms with Crippen molar-refractivity contribution in [1.29, 1.82) is 0 Å². The number of hydrogen-bond acceptors (Lipinski definition) is 4. The van der Waals surface area contributed by atoms with Crippen molar-refractivity contribution in [3.05, 3.63) is 0 Å². The van der Waals surface area contributed by atoms with Crippen molar-refractivity contribution in [2.75, 3.05) is 13.2 Å². The molecule has 2 unspecified atom stereocenters. The zero-order valence-electron chi connectivity index (χ0n) is 25.8. The van der Waals surface area contributed by atoms with E-state index in [1.54, 1.807) is 0 Å². The fourth-order valence-corrected chi connectivity index (χ4v) is 5.34. The average molecular weight is 525 g/mol. The lowest BCUT2D eigenvalue weighted by atomic mass is 9.74. The lowest BCUT2D eigenvalue weighted by molar-refractivity contribution is -0.153. The van der Waals surface area contributed by atoms with E-state index in [0.29, 0.717) is 37.4 Å². The van der Waals surface area contributed by atoms with E-state index in [-0.39, 0.29) is 17.9 Å². The molecule has 0 heterocycles. The smallest absolute Gasteiger partial charge is 0.309 e. The summed E-state index contributed by atoms with van der Waals surface area (Å²) >= 11 is 0. The third-order valence-electron chi connectivity index (χ3n) is 7.73. The second kappa shape index (κ2) is 25.2. The Morgan fingerprint density at radius 2 is 1.00 bits per heavy atom. The number of carbonyl (C=O) groups is 2. The van der Waals surface area contributed by atoms with Crippen LogP contribution in [0.3, 0.4) is 0 Å². The Morgan fingerprint density at radius 3 is 1.46 bits per heavy atom. The van der Waals surface area contributed by atoms with Crippen LogP contribution in [-0.4, -0.2) is 25.2 Å². The van der Waals surface area contributed by atoms with Crippen LogP contribution in [0.25, 0.3) is 0 Å². The van der Waals surface area contributed by atoms with Crippen LogP contribution in [0.5, 0.6) is 0 Å². The Bertz CT molecular complexity index is 528. The standard InChI is InChI=1S/C33H64O4/c1-7-9-22-26-36-31(34)25-21-19-17-15-13-11-12-14-16-18-20-24-30(28(3)4)32(29(5)6)33(35)37-27-23-10-8-2/h28-30,32H,7-27H2,1-6H3. The maximum atomic E-state index is 12.9. The zero-order chi connectivity index (χ0) is 27.7. The summed E-state index contributed by atoms with van der Waals surface area (Å²) in [4.78, 5) is 24.5. The quantitative estimate of drug-likeness (QED) is 0.0834. The van der Waals surface area contributed by atoms with Gasteiger partial charge in [0.15, 0.2) is 0 Å². The number of carbonyl (C=O) groups excluding carboxylic acids is 2. The molecule has 0 fully saturated rings. The van der Waals surface area contributed by atoms with Crippen molar-refractivity contribution in [2.45, 2.75) is 164 Å². The number of esters is 2. The number of ether oxygens (including phenoxy) is 2. The molecule has 4 nitrogen and oxygen atoms in total. The average Bonchev–Trinajstić information content (AvgIpc) is 2.86. The van der Waals surface area contributed by atoms with Gasteiger partial charge in [0.2, 0.25) is 0 Å². The minimum Gasteiger partial charge on any atom is -0.466 e. The van der Waals surface area contributed by atoms with Gasteiger partial charge < -0.3 is 9.47 Å². The molecule has 0 N–H and O–H groups in total. The van der Waals surface area contributed by atoms with Gasteiger partial charge in [0, 0.05) is 6.42 Å². The van der Waals surface area contributed by atoms with E-state index in [2.05, 4.69) is 41.5 Å². The summed E-state index contributed by atoms with van der Waals surface area (Å²) in [5.41, 5.74) is 0. The molecule has 2 atom stereocenters. The Labute approximate surface area is 231 Å². The Morgan fingerprint density at radius 1 is 0.541 bits per heavy atom. The highest BCUT2D eigenvalue weighted by Crippen LogP contribution is 2.33. The molecule has 0 aliphatic heterocycles. The van der Waals surface area contributed by atoms with E-state index in [1.165, 1.54) is 57.8 Å². The molecule has 0 saturated heterocycles. The molecule has 0 aliphatic carbocycles. The highest BCUT2D eigenvalue weighted by molar-refractivity contribution is 5.73. The van der Waals surface area contributed by atoms with Gasteiger partial charge in [-0.15, -0.1) is 0 Å². The Balaban J connectivity index is 3.85. The zero-order valence-corrected chi connectivity index (χ0v) is 25.8. The summed E-state index contributed by atoms with van der Waals surface area (Å²) in [6.07, 6.45) is 22.0. The van der Waals surface area contributed by atoms with Crippen molar-refractivity contribution < 1.29 is 19.1 Å². The van der Waals surface area contributed by atoms with Gasteiger partial charge in [-0.25, -0.2) is 0 Å². The molecule has 4 heteroatoms. The first-order chi connectivity index (χ1) is 17.8. The van der Waals surface area contributed by atoms with Gasteiger partial charge in [-0.1, -0.05) is 131 Å². The van der Waals surface area contributed by atoms with Crippen LogP contribution in [0.4, 0.5) is 0 Å². The number of rotatable bonds is 26. The third-order valence-corrected chi connectivity index (χ3v) is 7.73. The second-order valence-electron chi connectivity index (χ2n) is 11.9. The molecular weight excluding hydrogens is 460 g/mol. The lowest BCUT2D eigenvalue weighted by Crippen LogP contribution is -2.33. The van der Waals surface area contributed by atoms with Gasteiger partial charge in [0.1, 0.15) is 0 Å². The molecule has 0 amide bonds. The maximum Gasteiger partial charge on any atom is 0.309 e. The van der Waals surface area contributed by atoms with E-state index in [0.717, 1.165) is 57.8 Å². The fourth-order valence-electron chi connectivity index (χ4n) is 5.34. The van der Waals surface area contributed by atoms with Crippen molar-refractivity contribution in [1.82, 2.24) is 0 Å². The molecule has 37 heavy (non-hydrogen) atoms. The summed E-state index contributed by atoms with van der Waals surface area (Å²) in [7, 11) is 0. The van der Waals surface area contributed by atoms with Crippen LogP contribution in [-0.2, 0) is 19.1 Å². The predicted octanol–water partition coefficient (Wildman–Crippen LogP) is 10.1. The monoisotopic (exact) mass is 524 g/mol. The van der Waals surface area contributed by atoms with Crippen LogP contribution < -0.4 is 0 Å². The van der Waals surface area contributed by atoms with Gasteiger partial charge in [-0.2, -0.15) is 0 Å². The maximum absolute atomic E-state index is 12.9. The minimum atomic E-state index is -0.0158. The molecule has 0 bridgehead atoms. The topological polar surface area (TPSA) is 52.6 Å². The Kier molecular flexibility index (Phi) is 24.5. The van der Waals surface area contributed by atoms with Crippen molar-refractivity contribution in [3.8, 4) is 0 Å². The molecule has 0 aromatic rings. The summed E-state index contributed by atoms with van der Waals surface area (Å²) in [6, 6.07) is 0. The fraction of sp³-hybridized carbons (Fsp3) is 0.939. The van der Waals surface area contributed by atoms with Crippen molar-refractivity contribution in [2.24, 2.45) is 23.7 Å². The molecule has 0 spiro atoms. The van der Waals surface area contributed by atoms with Gasteiger partial charge in [0.25, 0.3) is 0 Å². The van der Waals surface area contributed by atoms with Crippen LogP contribution >= 0.6 is 0 Å². The van der Waals surface area contributed by atoms with Crippen LogP contribution in [0, 0.1) is 23.7 Å². The molecule has 0 aromatic heterocycles. The summed E-state index contributed by atoms with van der Waals surface area (Å²) in [6.45, 7) is 14.4. The van der Waals surface area contributed by atoms with Crippen molar-refractivity contribution in [3.63, 3.8) is 0 Å². The normalized spacial score (nSPS) is 13.2. The van der Waals surface area contributed by atoms with E-state index in [1.807, 2.05) is 0 Å². The molecule has 220 valence electrons. The SMILES string of the molecule is CCCCCOC(=O)CCCCCCCCCCCCCC(C(C)C)C(C(=O)OCCCCC)C(C)C. The Hall–Kier alpha value is -1.06. The first-order valence-electron chi connectivity index (χ1n) is 16.2. The number of hydrogen-bond donors (Lipinski definition) is 0. The van der Waals surface area contributed by atoms with E-state index < -0.39 is 0 Å². The first-order valence-corrected chi connectivity index (χ1v) is 16.2. The van der Waals surface area contributed by atoms with Crippen molar-refractivity contribution >= 4 is 11.9 Å². The molecule has 0 radical (unpaired) electrons. The van der Waals surface area contributed by atoms with E-state index in [4.69, 9.17) is 9.47 Å². The molecule has 0 aromatic carbocycles. The number of unbranched alkanes of at least 4 members (excludes halogenated alkanes) is 14. The highest BCUT2D eigenvalue weighted by Gasteiger charge is 2.33. The summed E-state index contributed by atoms with van der Waals surface area (Å²) < 4.78 is 10.9. The molecule has 0 saturated carbocycles. The van der Waals surface area contributed by atoms with Crippen LogP contribution in [0.15, 0.2) is 0 Å². The molecule has 0 rings (SSSR count). The summed E-state index contributed by atoms with van der Waals surface area (Å²) in [5, 5.41) is 0. The first kappa shape index (κ1) is 35.9. The van der Waals surface area contributed by atoms with Gasteiger partial charge in [-0.3, -0.25) is 9.59 Å². The lowest BCUT2D eigenvalue weighted by Gasteiger charge is -2.31.